The van der Waals surface area contributed by atoms with Crippen molar-refractivity contribution < 1.29 is 9.53 Å². The Morgan fingerprint density at radius 1 is 1.57 bits per heavy atom. The lowest BCUT2D eigenvalue weighted by atomic mass is 10.2. The monoisotopic (exact) mass is 212 g/mol. The molecule has 0 atom stereocenters. The van der Waals surface area contributed by atoms with Crippen LogP contribution in [0.25, 0.3) is 0 Å². The van der Waals surface area contributed by atoms with Gasteiger partial charge in [0.05, 0.1) is 6.10 Å². The number of amides is 1. The highest BCUT2D eigenvalue weighted by atomic mass is 35.5. The van der Waals surface area contributed by atoms with Gasteiger partial charge in [-0.3, -0.25) is 9.78 Å². The van der Waals surface area contributed by atoms with Crippen molar-refractivity contribution in [3.8, 4) is 5.75 Å². The lowest BCUT2D eigenvalue weighted by Gasteiger charge is -2.09. The van der Waals surface area contributed by atoms with Gasteiger partial charge in [0.15, 0.2) is 5.75 Å². The van der Waals surface area contributed by atoms with Crippen LogP contribution < -0.4 is 10.5 Å². The molecule has 0 radical (unpaired) electrons. The van der Waals surface area contributed by atoms with Gasteiger partial charge in [0.1, 0.15) is 10.6 Å². The Bertz CT molecular complexity index is 377. The number of pyridine rings is 1. The van der Waals surface area contributed by atoms with Crippen LogP contribution in [0.15, 0.2) is 12.4 Å². The molecule has 74 valence electrons. The van der Waals surface area contributed by atoms with Gasteiger partial charge in [0.25, 0.3) is 5.91 Å². The Morgan fingerprint density at radius 2 is 2.29 bits per heavy atom. The fourth-order valence-corrected chi connectivity index (χ4v) is 1.27. The number of carbonyl (C=O) groups is 1. The summed E-state index contributed by atoms with van der Waals surface area (Å²) < 4.78 is 5.48. The van der Waals surface area contributed by atoms with Gasteiger partial charge in [-0.25, -0.2) is 0 Å². The summed E-state index contributed by atoms with van der Waals surface area (Å²) in [5.74, 6) is -0.215. The number of nitrogens with zero attached hydrogens (tertiary/aromatic N) is 1. The average Bonchev–Trinajstić information content (AvgIpc) is 2.91. The van der Waals surface area contributed by atoms with Crippen molar-refractivity contribution in [3.05, 3.63) is 23.0 Å². The summed E-state index contributed by atoms with van der Waals surface area (Å²) in [6, 6.07) is 0. The third-order valence-corrected chi connectivity index (χ3v) is 2.20. The highest BCUT2D eigenvalue weighted by Gasteiger charge is 2.26. The predicted molar refractivity (Wildman–Crippen MR) is 51.4 cm³/mol. The summed E-state index contributed by atoms with van der Waals surface area (Å²) in [5.41, 5.74) is 5.40. The summed E-state index contributed by atoms with van der Waals surface area (Å²) in [6.07, 6.45) is 4.97. The van der Waals surface area contributed by atoms with Gasteiger partial charge in [-0.1, -0.05) is 11.6 Å². The molecule has 14 heavy (non-hydrogen) atoms. The first-order chi connectivity index (χ1) is 6.68. The smallest absolute Gasteiger partial charge is 0.254 e. The number of ether oxygens (including phenoxy) is 1. The fraction of sp³-hybridized carbons (Fsp3) is 0.333. The number of halogens is 1. The van der Waals surface area contributed by atoms with E-state index in [1.165, 1.54) is 12.4 Å². The second-order valence-corrected chi connectivity index (χ2v) is 3.59. The largest absolute Gasteiger partial charge is 0.488 e. The zero-order valence-corrected chi connectivity index (χ0v) is 8.12. The van der Waals surface area contributed by atoms with Crippen LogP contribution in [0.5, 0.6) is 5.75 Å². The number of carbonyl (C=O) groups excluding carboxylic acids is 1. The number of nitrogens with two attached hydrogens (primary N) is 1. The Labute approximate surface area is 86.0 Å². The van der Waals surface area contributed by atoms with E-state index in [1.54, 1.807) is 0 Å². The lowest BCUT2D eigenvalue weighted by molar-refractivity contribution is 0.0995. The van der Waals surface area contributed by atoms with E-state index < -0.39 is 5.91 Å². The topological polar surface area (TPSA) is 65.2 Å². The minimum atomic E-state index is -0.573. The molecule has 2 N–H and O–H groups in total. The van der Waals surface area contributed by atoms with Crippen molar-refractivity contribution in [1.82, 2.24) is 4.98 Å². The molecule has 0 spiro atoms. The molecule has 0 aliphatic heterocycles. The van der Waals surface area contributed by atoms with Crippen LogP contribution in [-0.4, -0.2) is 17.0 Å². The molecule has 1 aromatic rings. The summed E-state index contributed by atoms with van der Waals surface area (Å²) in [7, 11) is 0. The molecule has 5 heteroatoms. The van der Waals surface area contributed by atoms with Gasteiger partial charge in [0, 0.05) is 12.4 Å². The number of hydrogen-bond acceptors (Lipinski definition) is 3. The van der Waals surface area contributed by atoms with E-state index in [2.05, 4.69) is 4.98 Å². The van der Waals surface area contributed by atoms with E-state index in [9.17, 15) is 4.79 Å². The molecule has 1 amide bonds. The fourth-order valence-electron chi connectivity index (χ4n) is 1.07. The molecule has 1 saturated carbocycles. The highest BCUT2D eigenvalue weighted by Crippen LogP contribution is 2.33. The van der Waals surface area contributed by atoms with Crippen LogP contribution in [0.3, 0.4) is 0 Å². The minimum absolute atomic E-state index is 0.174. The Balaban J connectivity index is 2.36. The first-order valence-electron chi connectivity index (χ1n) is 4.28. The van der Waals surface area contributed by atoms with Gasteiger partial charge < -0.3 is 10.5 Å². The van der Waals surface area contributed by atoms with Crippen LogP contribution in [0, 0.1) is 0 Å². The van der Waals surface area contributed by atoms with Crippen LogP contribution in [0.2, 0.25) is 5.02 Å². The molecule has 1 heterocycles. The first kappa shape index (κ1) is 9.27. The Morgan fingerprint density at radius 3 is 2.86 bits per heavy atom. The third kappa shape index (κ3) is 1.80. The Kier molecular flexibility index (Phi) is 2.29. The molecule has 2 rings (SSSR count). The maximum Gasteiger partial charge on any atom is 0.254 e. The van der Waals surface area contributed by atoms with Gasteiger partial charge in [0.2, 0.25) is 0 Å². The minimum Gasteiger partial charge on any atom is -0.488 e. The van der Waals surface area contributed by atoms with Gasteiger partial charge in [-0.2, -0.15) is 0 Å². The standard InChI is InChI=1S/C9H9ClN2O2/c10-7-4-12-3-6(9(11)13)8(7)14-5-1-2-5/h3-5H,1-2H2,(H2,11,13). The van der Waals surface area contributed by atoms with Crippen molar-refractivity contribution in [2.24, 2.45) is 5.73 Å². The molecule has 4 nitrogen and oxygen atoms in total. The molecule has 1 aliphatic carbocycles. The average molecular weight is 213 g/mol. The molecule has 0 bridgehead atoms. The van der Waals surface area contributed by atoms with Crippen molar-refractivity contribution in [1.29, 1.82) is 0 Å². The summed E-state index contributed by atoms with van der Waals surface area (Å²) >= 11 is 5.85. The highest BCUT2D eigenvalue weighted by molar-refractivity contribution is 6.32. The summed E-state index contributed by atoms with van der Waals surface area (Å²) in [4.78, 5) is 14.8. The number of aromatic nitrogens is 1. The van der Waals surface area contributed by atoms with Gasteiger partial charge in [-0.05, 0) is 12.8 Å². The summed E-state index contributed by atoms with van der Waals surface area (Å²) in [5, 5.41) is 0.327. The van der Waals surface area contributed by atoms with Crippen molar-refractivity contribution in [2.75, 3.05) is 0 Å². The SMILES string of the molecule is NC(=O)c1cncc(Cl)c1OC1CC1. The second kappa shape index (κ2) is 3.46. The predicted octanol–water partition coefficient (Wildman–Crippen LogP) is 1.38. The normalized spacial score (nSPS) is 15.2. The van der Waals surface area contributed by atoms with E-state index in [-0.39, 0.29) is 11.7 Å². The third-order valence-electron chi connectivity index (χ3n) is 1.93. The molecule has 1 aliphatic rings. The van der Waals surface area contributed by atoms with Crippen molar-refractivity contribution in [2.45, 2.75) is 18.9 Å². The van der Waals surface area contributed by atoms with E-state index in [0.717, 1.165) is 12.8 Å². The van der Waals surface area contributed by atoms with Crippen LogP contribution >= 0.6 is 11.6 Å². The van der Waals surface area contributed by atoms with Crippen LogP contribution in [-0.2, 0) is 0 Å². The number of primary amides is 1. The zero-order chi connectivity index (χ0) is 10.1. The van der Waals surface area contributed by atoms with E-state index in [0.29, 0.717) is 10.8 Å². The zero-order valence-electron chi connectivity index (χ0n) is 7.37. The first-order valence-corrected chi connectivity index (χ1v) is 4.66. The Hall–Kier alpha value is -1.29. The van der Waals surface area contributed by atoms with E-state index in [1.807, 2.05) is 0 Å². The second-order valence-electron chi connectivity index (χ2n) is 3.18. The van der Waals surface area contributed by atoms with Gasteiger partial charge >= 0.3 is 0 Å². The maximum atomic E-state index is 11.0. The summed E-state index contributed by atoms with van der Waals surface area (Å²) in [6.45, 7) is 0. The number of hydrogen-bond donors (Lipinski definition) is 1. The molecular formula is C9H9ClN2O2. The van der Waals surface area contributed by atoms with Gasteiger partial charge in [-0.15, -0.1) is 0 Å². The van der Waals surface area contributed by atoms with Crippen molar-refractivity contribution >= 4 is 17.5 Å². The lowest BCUT2D eigenvalue weighted by Crippen LogP contribution is -2.14. The molecular weight excluding hydrogens is 204 g/mol. The van der Waals surface area contributed by atoms with E-state index in [4.69, 9.17) is 22.1 Å². The molecule has 0 unspecified atom stereocenters. The van der Waals surface area contributed by atoms with Crippen LogP contribution in [0.1, 0.15) is 23.2 Å². The molecule has 0 saturated heterocycles. The quantitative estimate of drug-likeness (QED) is 0.823. The van der Waals surface area contributed by atoms with E-state index >= 15 is 0 Å². The molecule has 1 aromatic heterocycles. The number of rotatable bonds is 3. The maximum absolute atomic E-state index is 11.0. The van der Waals surface area contributed by atoms with Crippen molar-refractivity contribution in [3.63, 3.8) is 0 Å². The van der Waals surface area contributed by atoms with Crippen LogP contribution in [0.4, 0.5) is 0 Å². The molecule has 1 fully saturated rings. The molecule has 0 aromatic carbocycles.